The quantitative estimate of drug-likeness (QED) is 0.514. The van der Waals surface area contributed by atoms with Crippen molar-refractivity contribution in [3.05, 3.63) is 0 Å². The topological polar surface area (TPSA) is 20.3 Å². The van der Waals surface area contributed by atoms with E-state index in [4.69, 9.17) is 0 Å². The molecule has 0 bridgehead atoms. The van der Waals surface area contributed by atoms with Crippen LogP contribution in [0, 0.1) is 0 Å². The highest BCUT2D eigenvalue weighted by Crippen LogP contribution is 2.16. The Balaban J connectivity index is 4.09. The van der Waals surface area contributed by atoms with E-state index in [0.29, 0.717) is 0 Å². The number of hydrogen-bond acceptors (Lipinski definition) is 1. The molecule has 0 radical (unpaired) electrons. The van der Waals surface area contributed by atoms with Crippen molar-refractivity contribution in [3.63, 3.8) is 0 Å². The molecule has 0 aliphatic carbocycles. The Bertz CT molecular complexity index is 135. The first-order valence-electron chi connectivity index (χ1n) is 2.72. The van der Waals surface area contributed by atoms with Crippen LogP contribution in [0.5, 0.6) is 0 Å². The van der Waals surface area contributed by atoms with Crippen LogP contribution in [-0.2, 0) is 4.79 Å². The largest absolute Gasteiger partial charge is 0.470 e. The fourth-order valence-electron chi connectivity index (χ4n) is 0.360. The smallest absolute Gasteiger partial charge is 0.370 e. The van der Waals surface area contributed by atoms with Gasteiger partial charge in [0.25, 0.3) is 0 Å². The first kappa shape index (κ1) is 9.48. The third kappa shape index (κ3) is 2.38. The Morgan fingerprint density at radius 1 is 1.50 bits per heavy atom. The zero-order valence-electron chi connectivity index (χ0n) is 5.70. The van der Waals surface area contributed by atoms with Gasteiger partial charge in [-0.15, -0.1) is 0 Å². The van der Waals surface area contributed by atoms with Gasteiger partial charge in [-0.05, 0) is 0 Å². The molecule has 0 aliphatic rings. The number of rotatable bonds is 1. The molecule has 0 unspecified atom stereocenters. The van der Waals surface area contributed by atoms with Crippen molar-refractivity contribution in [3.8, 4) is 0 Å². The van der Waals surface area contributed by atoms with Gasteiger partial charge in [0.05, 0.1) is 0 Å². The van der Waals surface area contributed by atoms with Gasteiger partial charge in [-0.3, -0.25) is 4.79 Å². The first-order valence-corrected chi connectivity index (χ1v) is 4.76. The molecule has 0 aromatic carbocycles. The van der Waals surface area contributed by atoms with Crippen LogP contribution in [0.2, 0.25) is 6.55 Å². The average molecular weight is 171 g/mol. The average Bonchev–Trinajstić information content (AvgIpc) is 1.83. The van der Waals surface area contributed by atoms with Crippen molar-refractivity contribution in [2.24, 2.45) is 0 Å². The Morgan fingerprint density at radius 3 is 2.00 bits per heavy atom. The molecule has 0 atom stereocenters. The number of alkyl halides is 3. The van der Waals surface area contributed by atoms with E-state index in [1.165, 1.54) is 7.05 Å². The van der Waals surface area contributed by atoms with E-state index in [-0.39, 0.29) is 0 Å². The summed E-state index contributed by atoms with van der Waals surface area (Å²) in [5.74, 6) is -1.73. The number of amides is 1. The van der Waals surface area contributed by atoms with Gasteiger partial charge >= 0.3 is 12.1 Å². The molecule has 0 aromatic heterocycles. The SMILES string of the molecule is C[SiH2]N(C)C(=O)C(F)(F)F. The summed E-state index contributed by atoms with van der Waals surface area (Å²) < 4.78 is 35.3. The maximum absolute atomic E-state index is 11.5. The Kier molecular flexibility index (Phi) is 2.88. The van der Waals surface area contributed by atoms with Crippen molar-refractivity contribution in [1.82, 2.24) is 4.57 Å². The van der Waals surface area contributed by atoms with Crippen molar-refractivity contribution < 1.29 is 18.0 Å². The summed E-state index contributed by atoms with van der Waals surface area (Å²) >= 11 is 0. The summed E-state index contributed by atoms with van der Waals surface area (Å²) in [4.78, 5) is 10.2. The molecule has 0 heterocycles. The van der Waals surface area contributed by atoms with Crippen LogP contribution < -0.4 is 0 Å². The molecule has 2 nitrogen and oxygen atoms in total. The number of carbonyl (C=O) groups excluding carboxylic acids is 1. The van der Waals surface area contributed by atoms with Crippen LogP contribution in [0.25, 0.3) is 0 Å². The maximum Gasteiger partial charge on any atom is 0.470 e. The fourth-order valence-corrected chi connectivity index (χ4v) is 0.827. The Hall–Kier alpha value is -0.523. The van der Waals surface area contributed by atoms with Gasteiger partial charge in [0.2, 0.25) is 0 Å². The van der Waals surface area contributed by atoms with E-state index in [1.54, 1.807) is 6.55 Å². The number of halogens is 3. The minimum Gasteiger partial charge on any atom is -0.370 e. The van der Waals surface area contributed by atoms with Gasteiger partial charge in [0, 0.05) is 7.05 Å². The van der Waals surface area contributed by atoms with Crippen molar-refractivity contribution in [2.75, 3.05) is 7.05 Å². The van der Waals surface area contributed by atoms with Gasteiger partial charge in [-0.1, -0.05) is 6.55 Å². The van der Waals surface area contributed by atoms with Gasteiger partial charge in [0.15, 0.2) is 0 Å². The fraction of sp³-hybridized carbons (Fsp3) is 0.750. The summed E-state index contributed by atoms with van der Waals surface area (Å²) in [6.07, 6.45) is -4.70. The van der Waals surface area contributed by atoms with Crippen LogP contribution in [0.3, 0.4) is 0 Å². The third-order valence-corrected chi connectivity index (χ3v) is 2.30. The second-order valence-electron chi connectivity index (χ2n) is 1.82. The molecule has 0 N–H and O–H groups in total. The molecule has 0 spiro atoms. The lowest BCUT2D eigenvalue weighted by molar-refractivity contribution is -0.179. The van der Waals surface area contributed by atoms with Gasteiger partial charge in [0.1, 0.15) is 9.68 Å². The normalized spacial score (nSPS) is 12.5. The highest BCUT2D eigenvalue weighted by Gasteiger charge is 2.40. The van der Waals surface area contributed by atoms with Crippen molar-refractivity contribution >= 4 is 15.6 Å². The zero-order chi connectivity index (χ0) is 8.36. The molecular formula is C4H8F3NOSi. The number of hydrogen-bond donors (Lipinski definition) is 0. The Morgan fingerprint density at radius 2 is 1.90 bits per heavy atom. The second-order valence-corrected chi connectivity index (χ2v) is 3.40. The molecule has 60 valence electrons. The molecule has 0 aromatic rings. The van der Waals surface area contributed by atoms with E-state index >= 15 is 0 Å². The molecule has 0 saturated carbocycles. The van der Waals surface area contributed by atoms with E-state index in [2.05, 4.69) is 0 Å². The van der Waals surface area contributed by atoms with Gasteiger partial charge in [-0.2, -0.15) is 13.2 Å². The second kappa shape index (κ2) is 3.04. The predicted molar refractivity (Wildman–Crippen MR) is 33.2 cm³/mol. The molecule has 6 heteroatoms. The molecule has 10 heavy (non-hydrogen) atoms. The summed E-state index contributed by atoms with van der Waals surface area (Å²) in [6.45, 7) is 1.61. The summed E-state index contributed by atoms with van der Waals surface area (Å²) in [7, 11) is 0.144. The summed E-state index contributed by atoms with van der Waals surface area (Å²) in [5, 5.41) is 0. The lowest BCUT2D eigenvalue weighted by atomic mass is 10.6. The highest BCUT2D eigenvalue weighted by molar-refractivity contribution is 6.35. The minimum atomic E-state index is -4.70. The van der Waals surface area contributed by atoms with Gasteiger partial charge in [-0.25, -0.2) is 0 Å². The van der Waals surface area contributed by atoms with Crippen molar-refractivity contribution in [2.45, 2.75) is 12.7 Å². The van der Waals surface area contributed by atoms with Crippen molar-refractivity contribution in [1.29, 1.82) is 0 Å². The van der Waals surface area contributed by atoms with Crippen LogP contribution in [0.15, 0.2) is 0 Å². The Labute approximate surface area is 58.9 Å². The monoisotopic (exact) mass is 171 g/mol. The van der Waals surface area contributed by atoms with Crippen LogP contribution in [-0.4, -0.2) is 33.4 Å². The van der Waals surface area contributed by atoms with E-state index in [0.717, 1.165) is 4.57 Å². The molecule has 0 fully saturated rings. The maximum atomic E-state index is 11.5. The lowest BCUT2D eigenvalue weighted by Gasteiger charge is -2.15. The van der Waals surface area contributed by atoms with E-state index < -0.39 is 21.8 Å². The first-order chi connectivity index (χ1) is 4.39. The predicted octanol–water partition coefficient (Wildman–Crippen LogP) is 0.139. The van der Waals surface area contributed by atoms with Crippen LogP contribution in [0.4, 0.5) is 13.2 Å². The van der Waals surface area contributed by atoms with Crippen LogP contribution >= 0.6 is 0 Å². The van der Waals surface area contributed by atoms with Gasteiger partial charge < -0.3 is 4.57 Å². The molecule has 0 rings (SSSR count). The summed E-state index contributed by atoms with van der Waals surface area (Å²) in [6, 6.07) is 0. The molecule has 0 saturated heterocycles. The van der Waals surface area contributed by atoms with E-state index in [1.807, 2.05) is 0 Å². The molecule has 1 amide bonds. The lowest BCUT2D eigenvalue weighted by Crippen LogP contribution is -2.39. The minimum absolute atomic E-state index is 0.750. The highest BCUT2D eigenvalue weighted by atomic mass is 28.2. The molecular weight excluding hydrogens is 163 g/mol. The van der Waals surface area contributed by atoms with E-state index in [9.17, 15) is 18.0 Å². The molecule has 0 aliphatic heterocycles. The third-order valence-electron chi connectivity index (χ3n) is 1.06. The standard InChI is InChI=1S/C4H8F3NOSi/c1-8(10-2)3(9)4(5,6)7/h10H2,1-2H3. The zero-order valence-corrected chi connectivity index (χ0v) is 7.11. The number of carbonyl (C=O) groups is 1. The summed E-state index contributed by atoms with van der Waals surface area (Å²) in [5.41, 5.74) is 0. The van der Waals surface area contributed by atoms with Crippen LogP contribution in [0.1, 0.15) is 0 Å². The number of nitrogens with zero attached hydrogens (tertiary/aromatic N) is 1.